The number of rotatable bonds is 2. The van der Waals surface area contributed by atoms with E-state index in [9.17, 15) is 0 Å². The molecule has 0 radical (unpaired) electrons. The normalized spacial score (nSPS) is 10.9. The van der Waals surface area contributed by atoms with Crippen molar-refractivity contribution in [1.29, 1.82) is 0 Å². The summed E-state index contributed by atoms with van der Waals surface area (Å²) in [5.74, 6) is 1.09. The Balaban J connectivity index is 2.11. The van der Waals surface area contributed by atoms with E-state index in [2.05, 4.69) is 20.1 Å². The van der Waals surface area contributed by atoms with E-state index >= 15 is 0 Å². The maximum Gasteiger partial charge on any atom is 0.254 e. The fourth-order valence-electron chi connectivity index (χ4n) is 1.91. The molecule has 0 atom stereocenters. The molecule has 0 aliphatic rings. The number of hydrogen-bond acceptors (Lipinski definition) is 5. The first-order valence-corrected chi connectivity index (χ1v) is 5.60. The van der Waals surface area contributed by atoms with E-state index in [1.54, 1.807) is 10.7 Å². The average Bonchev–Trinajstić information content (AvgIpc) is 2.84. The van der Waals surface area contributed by atoms with Crippen molar-refractivity contribution in [3.8, 4) is 0 Å². The minimum absolute atomic E-state index is 0.523. The predicted molar refractivity (Wildman–Crippen MR) is 67.0 cm³/mol. The van der Waals surface area contributed by atoms with Crippen molar-refractivity contribution in [2.45, 2.75) is 13.3 Å². The van der Waals surface area contributed by atoms with Crippen LogP contribution in [0.5, 0.6) is 0 Å². The van der Waals surface area contributed by atoms with Gasteiger partial charge in [0.1, 0.15) is 12.1 Å². The zero-order valence-electron chi connectivity index (χ0n) is 9.91. The van der Waals surface area contributed by atoms with Gasteiger partial charge in [-0.3, -0.25) is 4.98 Å². The van der Waals surface area contributed by atoms with Gasteiger partial charge in [0.15, 0.2) is 0 Å². The largest absolute Gasteiger partial charge is 0.383 e. The van der Waals surface area contributed by atoms with Gasteiger partial charge in [-0.25, -0.2) is 4.98 Å². The molecule has 0 saturated heterocycles. The lowest BCUT2D eigenvalue weighted by Crippen LogP contribution is -2.09. The summed E-state index contributed by atoms with van der Waals surface area (Å²) in [7, 11) is 0. The van der Waals surface area contributed by atoms with Gasteiger partial charge in [-0.15, -0.1) is 0 Å². The summed E-state index contributed by atoms with van der Waals surface area (Å²) in [6.45, 7) is 1.92. The second-order valence-electron chi connectivity index (χ2n) is 4.03. The van der Waals surface area contributed by atoms with E-state index in [4.69, 9.17) is 5.73 Å². The molecule has 3 aromatic heterocycles. The van der Waals surface area contributed by atoms with Gasteiger partial charge in [-0.05, 0) is 19.1 Å². The van der Waals surface area contributed by atoms with Crippen LogP contribution in [-0.2, 0) is 6.42 Å². The maximum absolute atomic E-state index is 6.10. The van der Waals surface area contributed by atoms with Gasteiger partial charge >= 0.3 is 0 Å². The lowest BCUT2D eigenvalue weighted by atomic mass is 10.1. The number of nitrogens with zero attached hydrogens (tertiary/aromatic N) is 5. The highest BCUT2D eigenvalue weighted by Gasteiger charge is 2.12. The lowest BCUT2D eigenvalue weighted by molar-refractivity contribution is 0.908. The SMILES string of the molecule is Cc1nc2ncnn2c(N)c1Cc1ccccn1. The van der Waals surface area contributed by atoms with Crippen molar-refractivity contribution in [2.24, 2.45) is 0 Å². The highest BCUT2D eigenvalue weighted by molar-refractivity contribution is 5.50. The molecule has 0 aromatic carbocycles. The fraction of sp³-hybridized carbons (Fsp3) is 0.167. The molecule has 18 heavy (non-hydrogen) atoms. The standard InChI is InChI=1S/C12H12N6/c1-8-10(6-9-4-2-3-5-14-9)11(13)18-12(17-8)15-7-16-18/h2-5,7H,6,13H2,1H3. The molecule has 0 saturated carbocycles. The lowest BCUT2D eigenvalue weighted by Gasteiger charge is -2.09. The van der Waals surface area contributed by atoms with Gasteiger partial charge in [0.25, 0.3) is 5.78 Å². The van der Waals surface area contributed by atoms with Crippen molar-refractivity contribution in [1.82, 2.24) is 24.6 Å². The highest BCUT2D eigenvalue weighted by Crippen LogP contribution is 2.18. The summed E-state index contributed by atoms with van der Waals surface area (Å²) in [6.07, 6.45) is 3.85. The maximum atomic E-state index is 6.10. The zero-order valence-corrected chi connectivity index (χ0v) is 9.91. The van der Waals surface area contributed by atoms with Crippen molar-refractivity contribution in [3.05, 3.63) is 47.7 Å². The van der Waals surface area contributed by atoms with Gasteiger partial charge in [0.2, 0.25) is 0 Å². The number of nitrogens with two attached hydrogens (primary N) is 1. The van der Waals surface area contributed by atoms with Crippen LogP contribution < -0.4 is 5.73 Å². The van der Waals surface area contributed by atoms with E-state index in [1.165, 1.54) is 6.33 Å². The molecule has 0 fully saturated rings. The third-order valence-corrected chi connectivity index (χ3v) is 2.86. The quantitative estimate of drug-likeness (QED) is 0.722. The molecular weight excluding hydrogens is 228 g/mol. The molecule has 0 bridgehead atoms. The monoisotopic (exact) mass is 240 g/mol. The molecule has 0 amide bonds. The average molecular weight is 240 g/mol. The molecule has 2 N–H and O–H groups in total. The van der Waals surface area contributed by atoms with E-state index in [-0.39, 0.29) is 0 Å². The Morgan fingerprint density at radius 3 is 2.94 bits per heavy atom. The van der Waals surface area contributed by atoms with Gasteiger partial charge in [0.05, 0.1) is 0 Å². The summed E-state index contributed by atoms with van der Waals surface area (Å²) in [6, 6.07) is 5.80. The van der Waals surface area contributed by atoms with Gasteiger partial charge in [-0.1, -0.05) is 6.07 Å². The van der Waals surface area contributed by atoms with E-state index in [0.717, 1.165) is 17.0 Å². The third kappa shape index (κ3) is 1.67. The molecule has 90 valence electrons. The third-order valence-electron chi connectivity index (χ3n) is 2.86. The topological polar surface area (TPSA) is 82.0 Å². The Bertz CT molecular complexity index is 688. The fourth-order valence-corrected chi connectivity index (χ4v) is 1.91. The zero-order chi connectivity index (χ0) is 12.5. The Morgan fingerprint density at radius 2 is 2.17 bits per heavy atom. The first kappa shape index (κ1) is 10.6. The molecule has 0 aliphatic heterocycles. The first-order valence-electron chi connectivity index (χ1n) is 5.60. The van der Waals surface area contributed by atoms with Crippen LogP contribution in [0.2, 0.25) is 0 Å². The molecule has 0 unspecified atom stereocenters. The number of hydrogen-bond donors (Lipinski definition) is 1. The minimum Gasteiger partial charge on any atom is -0.383 e. The highest BCUT2D eigenvalue weighted by atomic mass is 15.3. The molecule has 3 heterocycles. The molecule has 0 aliphatic carbocycles. The van der Waals surface area contributed by atoms with Crippen LogP contribution in [0.4, 0.5) is 5.82 Å². The van der Waals surface area contributed by atoms with Crippen LogP contribution in [0.1, 0.15) is 17.0 Å². The van der Waals surface area contributed by atoms with Crippen LogP contribution in [0.3, 0.4) is 0 Å². The van der Waals surface area contributed by atoms with Gasteiger partial charge < -0.3 is 5.73 Å². The van der Waals surface area contributed by atoms with Crippen molar-refractivity contribution < 1.29 is 0 Å². The smallest absolute Gasteiger partial charge is 0.254 e. The number of pyridine rings is 1. The summed E-state index contributed by atoms with van der Waals surface area (Å²) < 4.78 is 1.55. The van der Waals surface area contributed by atoms with Crippen molar-refractivity contribution in [3.63, 3.8) is 0 Å². The molecular formula is C12H12N6. The molecule has 6 nitrogen and oxygen atoms in total. The van der Waals surface area contributed by atoms with E-state index < -0.39 is 0 Å². The summed E-state index contributed by atoms with van der Waals surface area (Å²) in [5.41, 5.74) is 8.85. The Labute approximate surface area is 104 Å². The van der Waals surface area contributed by atoms with E-state index in [0.29, 0.717) is 18.0 Å². The second-order valence-corrected chi connectivity index (χ2v) is 4.03. The van der Waals surface area contributed by atoms with Crippen molar-refractivity contribution in [2.75, 3.05) is 5.73 Å². The minimum atomic E-state index is 0.523. The Morgan fingerprint density at radius 1 is 1.28 bits per heavy atom. The van der Waals surface area contributed by atoms with Crippen LogP contribution in [0.25, 0.3) is 5.78 Å². The Kier molecular flexibility index (Phi) is 2.40. The van der Waals surface area contributed by atoms with Crippen LogP contribution in [0, 0.1) is 6.92 Å². The van der Waals surface area contributed by atoms with Crippen LogP contribution >= 0.6 is 0 Å². The number of fused-ring (bicyclic) bond motifs is 1. The molecule has 6 heteroatoms. The second kappa shape index (κ2) is 4.06. The predicted octanol–water partition coefficient (Wildman–Crippen LogP) is 1.00. The van der Waals surface area contributed by atoms with Gasteiger partial charge in [0, 0.05) is 29.6 Å². The molecule has 3 aromatic rings. The Hall–Kier alpha value is -2.50. The summed E-state index contributed by atoms with van der Waals surface area (Å²) in [5, 5.41) is 4.06. The first-order chi connectivity index (χ1) is 8.75. The summed E-state index contributed by atoms with van der Waals surface area (Å²) >= 11 is 0. The van der Waals surface area contributed by atoms with Crippen molar-refractivity contribution >= 4 is 11.6 Å². The van der Waals surface area contributed by atoms with Crippen LogP contribution in [0.15, 0.2) is 30.7 Å². The summed E-state index contributed by atoms with van der Waals surface area (Å²) in [4.78, 5) is 12.7. The van der Waals surface area contributed by atoms with Crippen LogP contribution in [-0.4, -0.2) is 24.6 Å². The molecule has 3 rings (SSSR count). The molecule has 0 spiro atoms. The number of nitrogen functional groups attached to an aromatic ring is 1. The van der Waals surface area contributed by atoms with E-state index in [1.807, 2.05) is 25.1 Å². The number of anilines is 1. The number of aryl methyl sites for hydroxylation is 1. The number of aromatic nitrogens is 5. The van der Waals surface area contributed by atoms with Gasteiger partial charge in [-0.2, -0.15) is 14.6 Å².